The molecular formula is C21H20O3. The quantitative estimate of drug-likeness (QED) is 0.727. The van der Waals surface area contributed by atoms with Crippen molar-refractivity contribution in [1.82, 2.24) is 0 Å². The summed E-state index contributed by atoms with van der Waals surface area (Å²) in [4.78, 5) is 10.9. The van der Waals surface area contributed by atoms with E-state index >= 15 is 0 Å². The first-order valence-corrected chi connectivity index (χ1v) is 8.07. The van der Waals surface area contributed by atoms with E-state index in [0.717, 1.165) is 23.1 Å². The Bertz CT molecular complexity index is 803. The monoisotopic (exact) mass is 320 g/mol. The van der Waals surface area contributed by atoms with Gasteiger partial charge in [-0.3, -0.25) is 4.79 Å². The summed E-state index contributed by atoms with van der Waals surface area (Å²) in [5.74, 6) is -0.577. The first-order chi connectivity index (χ1) is 11.6. The van der Waals surface area contributed by atoms with Crippen LogP contribution in [0.15, 0.2) is 55.1 Å². The Morgan fingerprint density at radius 3 is 2.50 bits per heavy atom. The SMILES string of the molecule is C=C(O)c1ccc2c(c1)C(CCCC(=O)O)C(c1ccccc1)=C2. The lowest BCUT2D eigenvalue weighted by Gasteiger charge is -2.17. The minimum Gasteiger partial charge on any atom is -0.508 e. The van der Waals surface area contributed by atoms with Gasteiger partial charge in [-0.15, -0.1) is 0 Å². The molecule has 1 aliphatic carbocycles. The predicted molar refractivity (Wildman–Crippen MR) is 96.6 cm³/mol. The zero-order valence-electron chi connectivity index (χ0n) is 13.4. The van der Waals surface area contributed by atoms with Crippen LogP contribution in [0.25, 0.3) is 17.4 Å². The number of allylic oxidation sites excluding steroid dienone is 1. The molecule has 3 heteroatoms. The summed E-state index contributed by atoms with van der Waals surface area (Å²) >= 11 is 0. The Morgan fingerprint density at radius 1 is 1.08 bits per heavy atom. The number of carbonyl (C=O) groups is 1. The average Bonchev–Trinajstić information content (AvgIpc) is 2.93. The molecule has 0 amide bonds. The molecule has 2 aromatic rings. The second kappa shape index (κ2) is 6.75. The largest absolute Gasteiger partial charge is 0.508 e. The summed E-state index contributed by atoms with van der Waals surface area (Å²) in [6.07, 6.45) is 3.72. The standard InChI is InChI=1S/C21H20O3/c1-14(22)16-10-11-17-13-19(15-6-3-2-4-7-15)18(20(17)12-16)8-5-9-21(23)24/h2-4,6-7,10-13,18,22H,1,5,8-9H2,(H,23,24). The topological polar surface area (TPSA) is 57.5 Å². The van der Waals surface area contributed by atoms with E-state index in [4.69, 9.17) is 5.11 Å². The van der Waals surface area contributed by atoms with Gasteiger partial charge in [0.05, 0.1) is 0 Å². The van der Waals surface area contributed by atoms with Gasteiger partial charge >= 0.3 is 5.97 Å². The molecule has 122 valence electrons. The van der Waals surface area contributed by atoms with Crippen LogP contribution < -0.4 is 0 Å². The van der Waals surface area contributed by atoms with Crippen molar-refractivity contribution in [3.05, 3.63) is 77.4 Å². The van der Waals surface area contributed by atoms with Gasteiger partial charge in [0, 0.05) is 17.9 Å². The third kappa shape index (κ3) is 3.25. The van der Waals surface area contributed by atoms with Gasteiger partial charge in [0.1, 0.15) is 5.76 Å². The highest BCUT2D eigenvalue weighted by molar-refractivity contribution is 5.92. The number of aliphatic carboxylic acids is 1. The number of carboxylic acid groups (broad SMARTS) is 1. The van der Waals surface area contributed by atoms with E-state index in [1.807, 2.05) is 36.4 Å². The van der Waals surface area contributed by atoms with Crippen molar-refractivity contribution in [2.45, 2.75) is 25.2 Å². The number of rotatable bonds is 6. The molecule has 0 spiro atoms. The van der Waals surface area contributed by atoms with Crippen molar-refractivity contribution in [2.75, 3.05) is 0 Å². The molecule has 0 saturated heterocycles. The Morgan fingerprint density at radius 2 is 1.83 bits per heavy atom. The molecule has 2 aromatic carbocycles. The molecule has 0 aromatic heterocycles. The van der Waals surface area contributed by atoms with Gasteiger partial charge < -0.3 is 10.2 Å². The van der Waals surface area contributed by atoms with E-state index in [9.17, 15) is 9.90 Å². The Kier molecular flexibility index (Phi) is 4.52. The first kappa shape index (κ1) is 16.1. The van der Waals surface area contributed by atoms with Crippen LogP contribution in [-0.4, -0.2) is 16.2 Å². The minimum atomic E-state index is -0.768. The van der Waals surface area contributed by atoms with Crippen molar-refractivity contribution >= 4 is 23.4 Å². The van der Waals surface area contributed by atoms with E-state index in [-0.39, 0.29) is 18.1 Å². The van der Waals surface area contributed by atoms with Crippen LogP contribution in [0, 0.1) is 0 Å². The zero-order valence-corrected chi connectivity index (χ0v) is 13.4. The number of benzene rings is 2. The summed E-state index contributed by atoms with van der Waals surface area (Å²) < 4.78 is 0. The lowest BCUT2D eigenvalue weighted by Crippen LogP contribution is -2.02. The summed E-state index contributed by atoms with van der Waals surface area (Å²) in [7, 11) is 0. The van der Waals surface area contributed by atoms with Crippen molar-refractivity contribution in [1.29, 1.82) is 0 Å². The van der Waals surface area contributed by atoms with Gasteiger partial charge in [0.2, 0.25) is 0 Å². The van der Waals surface area contributed by atoms with Crippen LogP contribution in [-0.2, 0) is 4.79 Å². The molecule has 0 fully saturated rings. The number of aliphatic hydroxyl groups excluding tert-OH is 1. The minimum absolute atomic E-state index is 0.0512. The second-order valence-corrected chi connectivity index (χ2v) is 6.09. The van der Waals surface area contributed by atoms with E-state index in [1.54, 1.807) is 0 Å². The fourth-order valence-electron chi connectivity index (χ4n) is 3.31. The molecule has 0 aliphatic heterocycles. The molecule has 0 radical (unpaired) electrons. The lowest BCUT2D eigenvalue weighted by atomic mass is 9.86. The van der Waals surface area contributed by atoms with Crippen LogP contribution in [0.3, 0.4) is 0 Å². The van der Waals surface area contributed by atoms with E-state index in [2.05, 4.69) is 24.8 Å². The highest BCUT2D eigenvalue weighted by atomic mass is 16.4. The zero-order chi connectivity index (χ0) is 17.1. The van der Waals surface area contributed by atoms with Gasteiger partial charge in [-0.2, -0.15) is 0 Å². The van der Waals surface area contributed by atoms with Crippen LogP contribution in [0.2, 0.25) is 0 Å². The van der Waals surface area contributed by atoms with Crippen molar-refractivity contribution in [3.63, 3.8) is 0 Å². The summed E-state index contributed by atoms with van der Waals surface area (Å²) in [5, 5.41) is 18.6. The summed E-state index contributed by atoms with van der Waals surface area (Å²) in [6.45, 7) is 3.60. The molecule has 1 unspecified atom stereocenters. The maximum Gasteiger partial charge on any atom is 0.303 e. The maximum absolute atomic E-state index is 10.9. The fraction of sp³-hybridized carbons (Fsp3) is 0.190. The maximum atomic E-state index is 10.9. The number of aliphatic hydroxyl groups is 1. The molecule has 0 saturated carbocycles. The Labute approximate surface area is 141 Å². The Hall–Kier alpha value is -2.81. The van der Waals surface area contributed by atoms with Crippen molar-refractivity contribution in [3.8, 4) is 0 Å². The van der Waals surface area contributed by atoms with Crippen LogP contribution in [0.5, 0.6) is 0 Å². The smallest absolute Gasteiger partial charge is 0.303 e. The van der Waals surface area contributed by atoms with Crippen molar-refractivity contribution in [2.24, 2.45) is 0 Å². The molecule has 24 heavy (non-hydrogen) atoms. The van der Waals surface area contributed by atoms with Crippen LogP contribution in [0.1, 0.15) is 47.4 Å². The first-order valence-electron chi connectivity index (χ1n) is 8.07. The number of fused-ring (bicyclic) bond motifs is 1. The van der Waals surface area contributed by atoms with E-state index in [1.165, 1.54) is 5.57 Å². The van der Waals surface area contributed by atoms with Gasteiger partial charge in [-0.1, -0.05) is 55.1 Å². The summed E-state index contributed by atoms with van der Waals surface area (Å²) in [6, 6.07) is 16.0. The van der Waals surface area contributed by atoms with Crippen molar-refractivity contribution < 1.29 is 15.0 Å². The molecule has 0 heterocycles. The van der Waals surface area contributed by atoms with Gasteiger partial charge in [-0.25, -0.2) is 0 Å². The molecule has 0 bridgehead atoms. The molecule has 1 atom stereocenters. The number of carboxylic acids is 1. The third-order valence-corrected chi connectivity index (χ3v) is 4.47. The predicted octanol–water partition coefficient (Wildman–Crippen LogP) is 5.11. The van der Waals surface area contributed by atoms with Gasteiger partial charge in [0.25, 0.3) is 0 Å². The average molecular weight is 320 g/mol. The highest BCUT2D eigenvalue weighted by Gasteiger charge is 2.26. The van der Waals surface area contributed by atoms with Crippen LogP contribution >= 0.6 is 0 Å². The number of hydrogen-bond acceptors (Lipinski definition) is 2. The molecule has 3 nitrogen and oxygen atoms in total. The third-order valence-electron chi connectivity index (χ3n) is 4.47. The van der Waals surface area contributed by atoms with Gasteiger partial charge in [0.15, 0.2) is 0 Å². The second-order valence-electron chi connectivity index (χ2n) is 6.09. The Balaban J connectivity index is 1.96. The number of hydrogen-bond donors (Lipinski definition) is 2. The highest BCUT2D eigenvalue weighted by Crippen LogP contribution is 2.45. The lowest BCUT2D eigenvalue weighted by molar-refractivity contribution is -0.137. The molecule has 1 aliphatic rings. The van der Waals surface area contributed by atoms with E-state index in [0.29, 0.717) is 12.0 Å². The van der Waals surface area contributed by atoms with E-state index < -0.39 is 5.97 Å². The normalized spacial score (nSPS) is 15.7. The van der Waals surface area contributed by atoms with Crippen LogP contribution in [0.4, 0.5) is 0 Å². The molecule has 2 N–H and O–H groups in total. The van der Waals surface area contributed by atoms with Gasteiger partial charge in [-0.05, 0) is 41.2 Å². The fourth-order valence-corrected chi connectivity index (χ4v) is 3.31. The molecule has 3 rings (SSSR count). The molecular weight excluding hydrogens is 300 g/mol. The summed E-state index contributed by atoms with van der Waals surface area (Å²) in [5.41, 5.74) is 5.32.